The van der Waals surface area contributed by atoms with Crippen LogP contribution >= 0.6 is 0 Å². The van der Waals surface area contributed by atoms with Gasteiger partial charge in [0.15, 0.2) is 11.8 Å². The van der Waals surface area contributed by atoms with E-state index in [0.29, 0.717) is 16.5 Å². The molecule has 28 heavy (non-hydrogen) atoms. The Balaban J connectivity index is 1.69. The zero-order valence-corrected chi connectivity index (χ0v) is 15.1. The fraction of sp³-hybridized carbons (Fsp3) is 0.158. The van der Waals surface area contributed by atoms with Gasteiger partial charge in [-0.25, -0.2) is 9.07 Å². The number of fused-ring (bicyclic) bond motifs is 1. The first-order valence-corrected chi connectivity index (χ1v) is 8.35. The Morgan fingerprint density at radius 3 is 2.39 bits per heavy atom. The molecule has 1 atom stereocenters. The zero-order chi connectivity index (χ0) is 20.3. The fourth-order valence-corrected chi connectivity index (χ4v) is 2.52. The molecule has 0 radical (unpaired) electrons. The lowest BCUT2D eigenvalue weighted by molar-refractivity contribution is -0.128. The number of ether oxygens (including phenoxy) is 1. The summed E-state index contributed by atoms with van der Waals surface area (Å²) >= 11 is 0. The second-order valence-corrected chi connectivity index (χ2v) is 5.98. The third-order valence-corrected chi connectivity index (χ3v) is 3.97. The summed E-state index contributed by atoms with van der Waals surface area (Å²) in [5, 5.41) is 4.68. The van der Waals surface area contributed by atoms with E-state index in [1.165, 1.54) is 38.2 Å². The van der Waals surface area contributed by atoms with Crippen LogP contribution in [0.5, 0.6) is 5.75 Å². The van der Waals surface area contributed by atoms with Crippen LogP contribution < -0.4 is 21.1 Å². The lowest BCUT2D eigenvalue weighted by Gasteiger charge is -2.15. The number of hydrogen-bond acceptors (Lipinski definition) is 5. The normalized spacial score (nSPS) is 11.7. The van der Waals surface area contributed by atoms with E-state index in [-0.39, 0.29) is 11.3 Å². The number of hydrogen-bond donors (Lipinski definition) is 2. The first-order chi connectivity index (χ1) is 13.4. The first-order valence-electron chi connectivity index (χ1n) is 8.35. The molecular weight excluding hydrogens is 367 g/mol. The van der Waals surface area contributed by atoms with Gasteiger partial charge in [-0.1, -0.05) is 18.2 Å². The third-order valence-electron chi connectivity index (χ3n) is 3.97. The van der Waals surface area contributed by atoms with E-state index >= 15 is 0 Å². The molecule has 3 rings (SSSR count). The molecule has 0 saturated carbocycles. The lowest BCUT2D eigenvalue weighted by Crippen LogP contribution is -2.47. The minimum Gasteiger partial charge on any atom is -0.481 e. The van der Waals surface area contributed by atoms with Crippen LogP contribution in [0.15, 0.2) is 53.3 Å². The first kappa shape index (κ1) is 19.0. The van der Waals surface area contributed by atoms with Gasteiger partial charge in [0.1, 0.15) is 11.6 Å². The van der Waals surface area contributed by atoms with E-state index < -0.39 is 23.7 Å². The molecule has 9 heteroatoms. The van der Waals surface area contributed by atoms with Gasteiger partial charge in [-0.05, 0) is 37.3 Å². The predicted molar refractivity (Wildman–Crippen MR) is 99.1 cm³/mol. The fourth-order valence-electron chi connectivity index (χ4n) is 2.52. The van der Waals surface area contributed by atoms with Crippen molar-refractivity contribution >= 4 is 22.6 Å². The van der Waals surface area contributed by atoms with Gasteiger partial charge in [-0.2, -0.15) is 5.10 Å². The zero-order valence-electron chi connectivity index (χ0n) is 15.1. The Labute approximate surface area is 158 Å². The molecule has 3 aromatic rings. The number of carbonyl (C=O) groups excluding carboxylic acids is 2. The highest BCUT2D eigenvalue weighted by molar-refractivity contribution is 6.05. The van der Waals surface area contributed by atoms with Crippen molar-refractivity contribution in [2.24, 2.45) is 7.05 Å². The van der Waals surface area contributed by atoms with Gasteiger partial charge >= 0.3 is 0 Å². The number of nitrogens with one attached hydrogen (secondary N) is 2. The SMILES string of the molecule is C[C@@H](Oc1ccc(F)cc1)C(=O)NNC(=O)c1nn(C)c(=O)c2ccccc12. The molecule has 8 nitrogen and oxygen atoms in total. The number of amides is 2. The van der Waals surface area contributed by atoms with Crippen molar-refractivity contribution in [1.29, 1.82) is 0 Å². The highest BCUT2D eigenvalue weighted by Crippen LogP contribution is 2.14. The van der Waals surface area contributed by atoms with Crippen LogP contribution in [0, 0.1) is 5.82 Å². The molecule has 144 valence electrons. The van der Waals surface area contributed by atoms with Gasteiger partial charge in [0.05, 0.1) is 5.39 Å². The van der Waals surface area contributed by atoms with Crippen molar-refractivity contribution in [3.8, 4) is 5.75 Å². The molecular formula is C19H17FN4O4. The van der Waals surface area contributed by atoms with Crippen LogP contribution in [0.25, 0.3) is 10.8 Å². The molecule has 0 aliphatic carbocycles. The minimum atomic E-state index is -0.949. The summed E-state index contributed by atoms with van der Waals surface area (Å²) in [4.78, 5) is 36.7. The van der Waals surface area contributed by atoms with Gasteiger partial charge in [0.25, 0.3) is 17.4 Å². The number of halogens is 1. The number of aryl methyl sites for hydroxylation is 1. The van der Waals surface area contributed by atoms with E-state index in [4.69, 9.17) is 4.74 Å². The summed E-state index contributed by atoms with van der Waals surface area (Å²) in [6.45, 7) is 1.48. The standard InChI is InChI=1S/C19H17FN4O4/c1-11(28-13-9-7-12(20)8-10-13)17(25)21-22-18(26)16-14-5-3-4-6-15(14)19(27)24(2)23-16/h3-11H,1-2H3,(H,21,25)(H,22,26)/t11-/m1/s1. The Kier molecular flexibility index (Phi) is 5.35. The van der Waals surface area contributed by atoms with Gasteiger partial charge in [0.2, 0.25) is 0 Å². The topological polar surface area (TPSA) is 102 Å². The Bertz CT molecular complexity index is 1100. The average Bonchev–Trinajstić information content (AvgIpc) is 2.70. The van der Waals surface area contributed by atoms with Crippen molar-refractivity contribution in [2.45, 2.75) is 13.0 Å². The Morgan fingerprint density at radius 1 is 1.07 bits per heavy atom. The third kappa shape index (κ3) is 3.98. The molecule has 0 unspecified atom stereocenters. The second-order valence-electron chi connectivity index (χ2n) is 5.98. The molecule has 1 aromatic heterocycles. The maximum Gasteiger partial charge on any atom is 0.290 e. The van der Waals surface area contributed by atoms with Gasteiger partial charge in [-0.3, -0.25) is 25.2 Å². The Morgan fingerprint density at radius 2 is 1.71 bits per heavy atom. The van der Waals surface area contributed by atoms with Crippen LogP contribution in [0.3, 0.4) is 0 Å². The largest absolute Gasteiger partial charge is 0.481 e. The summed E-state index contributed by atoms with van der Waals surface area (Å²) in [5.74, 6) is -1.42. The molecule has 0 spiro atoms. The van der Waals surface area contributed by atoms with E-state index in [1.54, 1.807) is 24.3 Å². The maximum absolute atomic E-state index is 12.9. The van der Waals surface area contributed by atoms with E-state index in [0.717, 1.165) is 4.68 Å². The van der Waals surface area contributed by atoms with Gasteiger partial charge in [0, 0.05) is 12.4 Å². The predicted octanol–water partition coefficient (Wildman–Crippen LogP) is 1.30. The van der Waals surface area contributed by atoms with Gasteiger partial charge < -0.3 is 4.74 Å². The average molecular weight is 384 g/mol. The summed E-state index contributed by atoms with van der Waals surface area (Å²) < 4.78 is 19.3. The van der Waals surface area contributed by atoms with Crippen molar-refractivity contribution in [2.75, 3.05) is 0 Å². The number of hydrazine groups is 1. The lowest BCUT2D eigenvalue weighted by atomic mass is 10.1. The summed E-state index contributed by atoms with van der Waals surface area (Å²) in [6.07, 6.45) is -0.949. The summed E-state index contributed by atoms with van der Waals surface area (Å²) in [6, 6.07) is 11.7. The molecule has 0 bridgehead atoms. The molecule has 1 heterocycles. The second kappa shape index (κ2) is 7.87. The number of benzene rings is 2. The molecule has 2 aromatic carbocycles. The summed E-state index contributed by atoms with van der Waals surface area (Å²) in [7, 11) is 1.43. The molecule has 2 N–H and O–H groups in total. The molecule has 2 amide bonds. The quantitative estimate of drug-likeness (QED) is 0.660. The van der Waals surface area contributed by atoms with Crippen LogP contribution in [-0.2, 0) is 11.8 Å². The number of carbonyl (C=O) groups is 2. The van der Waals surface area contributed by atoms with Crippen molar-refractivity contribution in [3.63, 3.8) is 0 Å². The van der Waals surface area contributed by atoms with Crippen molar-refractivity contribution in [1.82, 2.24) is 20.6 Å². The molecule has 0 aliphatic heterocycles. The number of aromatic nitrogens is 2. The van der Waals surface area contributed by atoms with Crippen LogP contribution in [0.1, 0.15) is 17.4 Å². The summed E-state index contributed by atoms with van der Waals surface area (Å²) in [5.41, 5.74) is 4.16. The number of nitrogens with zero attached hydrogens (tertiary/aromatic N) is 2. The molecule has 0 fully saturated rings. The molecule has 0 saturated heterocycles. The monoisotopic (exact) mass is 384 g/mol. The van der Waals surface area contributed by atoms with E-state index in [9.17, 15) is 18.8 Å². The maximum atomic E-state index is 12.9. The van der Waals surface area contributed by atoms with E-state index in [2.05, 4.69) is 16.0 Å². The number of rotatable bonds is 4. The van der Waals surface area contributed by atoms with Crippen LogP contribution in [0.4, 0.5) is 4.39 Å². The highest BCUT2D eigenvalue weighted by atomic mass is 19.1. The van der Waals surface area contributed by atoms with Gasteiger partial charge in [-0.15, -0.1) is 0 Å². The van der Waals surface area contributed by atoms with Crippen LogP contribution in [-0.4, -0.2) is 27.7 Å². The Hall–Kier alpha value is -3.75. The van der Waals surface area contributed by atoms with Crippen LogP contribution in [0.2, 0.25) is 0 Å². The molecule has 0 aliphatic rings. The highest BCUT2D eigenvalue weighted by Gasteiger charge is 2.19. The van der Waals surface area contributed by atoms with Crippen molar-refractivity contribution in [3.05, 3.63) is 70.4 Å². The smallest absolute Gasteiger partial charge is 0.290 e. The minimum absolute atomic E-state index is 0.00916. The van der Waals surface area contributed by atoms with Crippen molar-refractivity contribution < 1.29 is 18.7 Å². The van der Waals surface area contributed by atoms with E-state index in [1.807, 2.05) is 0 Å².